The molecule has 0 heterocycles. The van der Waals surface area contributed by atoms with Gasteiger partial charge in [0, 0.05) is 6.04 Å². The lowest BCUT2D eigenvalue weighted by Gasteiger charge is -2.38. The Morgan fingerprint density at radius 1 is 1.28 bits per heavy atom. The van der Waals surface area contributed by atoms with Crippen LogP contribution < -0.4 is 5.32 Å². The van der Waals surface area contributed by atoms with Gasteiger partial charge in [-0.2, -0.15) is 0 Å². The van der Waals surface area contributed by atoms with Crippen LogP contribution in [0.4, 0.5) is 4.39 Å². The van der Waals surface area contributed by atoms with Crippen molar-refractivity contribution in [3.63, 3.8) is 0 Å². The number of nitrogens with one attached hydrogen (secondary N) is 1. The van der Waals surface area contributed by atoms with Gasteiger partial charge in [0.1, 0.15) is 5.82 Å². The largest absolute Gasteiger partial charge is 0.314 e. The summed E-state index contributed by atoms with van der Waals surface area (Å²) in [6.07, 6.45) is 3.65. The molecule has 0 radical (unpaired) electrons. The molecule has 2 rings (SSSR count). The van der Waals surface area contributed by atoms with E-state index in [1.807, 2.05) is 6.07 Å². The van der Waals surface area contributed by atoms with Gasteiger partial charge in [0.15, 0.2) is 0 Å². The topological polar surface area (TPSA) is 12.0 Å². The van der Waals surface area contributed by atoms with Crippen LogP contribution in [0.3, 0.4) is 0 Å². The zero-order chi connectivity index (χ0) is 13.1. The van der Waals surface area contributed by atoms with E-state index in [2.05, 4.69) is 26.1 Å². The first-order valence-electron chi connectivity index (χ1n) is 7.04. The number of hydrogen-bond donors (Lipinski definition) is 1. The van der Waals surface area contributed by atoms with E-state index < -0.39 is 0 Å². The van der Waals surface area contributed by atoms with Crippen molar-refractivity contribution in [3.8, 4) is 0 Å². The number of aryl methyl sites for hydroxylation is 1. The zero-order valence-corrected chi connectivity index (χ0v) is 11.7. The second-order valence-electron chi connectivity index (χ2n) is 5.94. The third-order valence-electron chi connectivity index (χ3n) is 4.16. The van der Waals surface area contributed by atoms with Gasteiger partial charge < -0.3 is 5.32 Å². The lowest BCUT2D eigenvalue weighted by molar-refractivity contribution is 0.167. The molecule has 0 amide bonds. The molecule has 2 heteroatoms. The van der Waals surface area contributed by atoms with Gasteiger partial charge in [0.2, 0.25) is 0 Å². The van der Waals surface area contributed by atoms with Gasteiger partial charge in [0.05, 0.1) is 0 Å². The monoisotopic (exact) mass is 249 g/mol. The fourth-order valence-corrected chi connectivity index (χ4v) is 2.71. The predicted molar refractivity (Wildman–Crippen MR) is 74.2 cm³/mol. The Morgan fingerprint density at radius 3 is 2.61 bits per heavy atom. The minimum absolute atomic E-state index is 0.105. The van der Waals surface area contributed by atoms with E-state index in [0.29, 0.717) is 6.04 Å². The molecule has 100 valence electrons. The summed E-state index contributed by atoms with van der Waals surface area (Å²) in [4.78, 5) is 0. The fraction of sp³-hybridized carbons (Fsp3) is 0.625. The first kappa shape index (κ1) is 13.5. The highest BCUT2D eigenvalue weighted by molar-refractivity contribution is 5.27. The molecule has 2 atom stereocenters. The average molecular weight is 249 g/mol. The Bertz CT molecular complexity index is 400. The molecule has 1 nitrogen and oxygen atoms in total. The van der Waals surface area contributed by atoms with Gasteiger partial charge in [-0.3, -0.25) is 0 Å². The molecular weight excluding hydrogens is 225 g/mol. The van der Waals surface area contributed by atoms with Crippen molar-refractivity contribution in [2.45, 2.75) is 46.1 Å². The normalized spacial score (nSPS) is 23.2. The minimum atomic E-state index is -0.105. The lowest BCUT2D eigenvalue weighted by atomic mass is 9.70. The maximum Gasteiger partial charge on any atom is 0.123 e. The summed E-state index contributed by atoms with van der Waals surface area (Å²) >= 11 is 0. The van der Waals surface area contributed by atoms with Gasteiger partial charge in [-0.15, -0.1) is 0 Å². The Kier molecular flexibility index (Phi) is 4.39. The van der Waals surface area contributed by atoms with Crippen LogP contribution in [0.25, 0.3) is 0 Å². The Hall–Kier alpha value is -0.890. The molecule has 1 fully saturated rings. The lowest BCUT2D eigenvalue weighted by Crippen LogP contribution is -2.38. The van der Waals surface area contributed by atoms with Crippen LogP contribution in [-0.4, -0.2) is 12.6 Å². The third-order valence-corrected chi connectivity index (χ3v) is 4.16. The molecule has 0 bridgehead atoms. The molecule has 0 aromatic heterocycles. The summed E-state index contributed by atoms with van der Waals surface area (Å²) in [6, 6.07) is 5.71. The molecule has 1 aliphatic carbocycles. The summed E-state index contributed by atoms with van der Waals surface area (Å²) in [5.74, 6) is 1.40. The van der Waals surface area contributed by atoms with E-state index in [1.54, 1.807) is 12.1 Å². The third kappa shape index (κ3) is 3.32. The van der Waals surface area contributed by atoms with E-state index in [1.165, 1.54) is 24.0 Å². The van der Waals surface area contributed by atoms with E-state index in [4.69, 9.17) is 0 Å². The number of benzene rings is 1. The highest BCUT2D eigenvalue weighted by Crippen LogP contribution is 2.37. The molecule has 1 aromatic rings. The maximum atomic E-state index is 13.3. The first-order chi connectivity index (χ1) is 8.56. The van der Waals surface area contributed by atoms with Crippen molar-refractivity contribution in [2.75, 3.05) is 6.54 Å². The summed E-state index contributed by atoms with van der Waals surface area (Å²) in [5, 5.41) is 3.52. The second kappa shape index (κ2) is 5.83. The Morgan fingerprint density at radius 2 is 2.00 bits per heavy atom. The Labute approximate surface area is 110 Å². The number of rotatable bonds is 5. The predicted octanol–water partition coefficient (Wildman–Crippen LogP) is 3.70. The SMILES string of the molecule is Cc1ccc(F)cc1CC1CCC1CNC(C)C. The van der Waals surface area contributed by atoms with Crippen LogP contribution in [0.2, 0.25) is 0 Å². The molecule has 1 aromatic carbocycles. The smallest absolute Gasteiger partial charge is 0.123 e. The maximum absolute atomic E-state index is 13.3. The quantitative estimate of drug-likeness (QED) is 0.839. The summed E-state index contributed by atoms with van der Waals surface area (Å²) in [5.41, 5.74) is 2.41. The molecule has 0 aliphatic heterocycles. The van der Waals surface area contributed by atoms with E-state index in [-0.39, 0.29) is 5.82 Å². The van der Waals surface area contributed by atoms with Gasteiger partial charge in [-0.1, -0.05) is 19.9 Å². The van der Waals surface area contributed by atoms with Crippen molar-refractivity contribution < 1.29 is 4.39 Å². The van der Waals surface area contributed by atoms with Crippen LogP contribution in [-0.2, 0) is 6.42 Å². The summed E-state index contributed by atoms with van der Waals surface area (Å²) in [7, 11) is 0. The molecule has 1 saturated carbocycles. The van der Waals surface area contributed by atoms with Crippen molar-refractivity contribution in [1.82, 2.24) is 5.32 Å². The molecule has 0 spiro atoms. The van der Waals surface area contributed by atoms with E-state index in [9.17, 15) is 4.39 Å². The van der Waals surface area contributed by atoms with Crippen LogP contribution in [0.15, 0.2) is 18.2 Å². The minimum Gasteiger partial charge on any atom is -0.314 e. The molecule has 18 heavy (non-hydrogen) atoms. The highest BCUT2D eigenvalue weighted by atomic mass is 19.1. The van der Waals surface area contributed by atoms with Crippen LogP contribution >= 0.6 is 0 Å². The van der Waals surface area contributed by atoms with Crippen molar-refractivity contribution >= 4 is 0 Å². The molecular formula is C16H24FN. The van der Waals surface area contributed by atoms with Gasteiger partial charge in [-0.05, 0) is 67.8 Å². The molecule has 1 N–H and O–H groups in total. The van der Waals surface area contributed by atoms with Crippen LogP contribution in [0, 0.1) is 24.6 Å². The van der Waals surface area contributed by atoms with Crippen molar-refractivity contribution in [1.29, 1.82) is 0 Å². The Balaban J connectivity index is 1.91. The van der Waals surface area contributed by atoms with Gasteiger partial charge in [0.25, 0.3) is 0 Å². The summed E-state index contributed by atoms with van der Waals surface area (Å²) in [6.45, 7) is 7.56. The molecule has 0 saturated heterocycles. The number of hydrogen-bond acceptors (Lipinski definition) is 1. The van der Waals surface area contributed by atoms with Crippen molar-refractivity contribution in [2.24, 2.45) is 11.8 Å². The number of halogens is 1. The van der Waals surface area contributed by atoms with Crippen LogP contribution in [0.1, 0.15) is 37.8 Å². The van der Waals surface area contributed by atoms with E-state index >= 15 is 0 Å². The van der Waals surface area contributed by atoms with Crippen LogP contribution in [0.5, 0.6) is 0 Å². The zero-order valence-electron chi connectivity index (χ0n) is 11.7. The standard InChI is InChI=1S/C16H24FN/c1-11(2)18-10-14-6-5-13(14)8-15-9-16(17)7-4-12(15)3/h4,7,9,11,13-14,18H,5-6,8,10H2,1-3H3. The fourth-order valence-electron chi connectivity index (χ4n) is 2.71. The molecule has 1 aliphatic rings. The average Bonchev–Trinajstić information content (AvgIpc) is 2.28. The van der Waals surface area contributed by atoms with E-state index in [0.717, 1.165) is 24.8 Å². The first-order valence-corrected chi connectivity index (χ1v) is 7.04. The highest BCUT2D eigenvalue weighted by Gasteiger charge is 2.30. The van der Waals surface area contributed by atoms with Gasteiger partial charge in [-0.25, -0.2) is 4.39 Å². The summed E-state index contributed by atoms with van der Waals surface area (Å²) < 4.78 is 13.3. The molecule has 2 unspecified atom stereocenters. The van der Waals surface area contributed by atoms with Gasteiger partial charge >= 0.3 is 0 Å². The van der Waals surface area contributed by atoms with Crippen molar-refractivity contribution in [3.05, 3.63) is 35.1 Å². The second-order valence-corrected chi connectivity index (χ2v) is 5.94.